The largest absolute Gasteiger partial charge is 0.449 e. The van der Waals surface area contributed by atoms with E-state index in [9.17, 15) is 19.2 Å². The fourth-order valence-electron chi connectivity index (χ4n) is 3.51. The van der Waals surface area contributed by atoms with Crippen LogP contribution in [0.5, 0.6) is 0 Å². The lowest BCUT2D eigenvalue weighted by molar-refractivity contribution is -0.126. The maximum absolute atomic E-state index is 12.8. The van der Waals surface area contributed by atoms with Crippen LogP contribution in [0.3, 0.4) is 0 Å². The van der Waals surface area contributed by atoms with Gasteiger partial charge in [-0.25, -0.2) is 4.79 Å². The number of anilines is 1. The molecule has 3 amide bonds. The third kappa shape index (κ3) is 4.50. The van der Waals surface area contributed by atoms with Gasteiger partial charge in [0.2, 0.25) is 0 Å². The topological polar surface area (TPSA) is 84.0 Å². The molecule has 0 N–H and O–H groups in total. The van der Waals surface area contributed by atoms with E-state index in [4.69, 9.17) is 4.74 Å². The van der Waals surface area contributed by atoms with Gasteiger partial charge in [-0.15, -0.1) is 0 Å². The second-order valence-corrected chi connectivity index (χ2v) is 7.34. The van der Waals surface area contributed by atoms with Crippen LogP contribution in [0.4, 0.5) is 5.69 Å². The number of carbonyl (C=O) groups is 4. The molecule has 1 heterocycles. The molecule has 7 nitrogen and oxygen atoms in total. The van der Waals surface area contributed by atoms with Crippen LogP contribution >= 0.6 is 0 Å². The third-order valence-corrected chi connectivity index (χ3v) is 5.22. The van der Waals surface area contributed by atoms with Gasteiger partial charge in [0.05, 0.1) is 16.7 Å². The molecule has 1 atom stereocenters. The second-order valence-electron chi connectivity index (χ2n) is 7.34. The molecule has 2 aromatic rings. The summed E-state index contributed by atoms with van der Waals surface area (Å²) < 4.78 is 5.38. The molecule has 0 aliphatic carbocycles. The minimum Gasteiger partial charge on any atom is -0.449 e. The third-order valence-electron chi connectivity index (χ3n) is 5.22. The van der Waals surface area contributed by atoms with Gasteiger partial charge in [0.25, 0.3) is 17.7 Å². The fraction of sp³-hybridized carbons (Fsp3) is 0.333. The van der Waals surface area contributed by atoms with Crippen molar-refractivity contribution in [2.45, 2.75) is 39.7 Å². The molecule has 0 radical (unpaired) electrons. The number of likely N-dealkylation sites (N-methyl/N-ethyl adjacent to an activating group) is 1. The Labute approximate surface area is 181 Å². The van der Waals surface area contributed by atoms with Crippen LogP contribution in [0.1, 0.15) is 64.7 Å². The SMILES string of the molecule is CCCCN1C(=O)c2ccc(C(=O)O[C@@H](C)C(=O)N(CC)c3ccccc3)cc2C1=O. The number of hydrogen-bond donors (Lipinski definition) is 0. The highest BCUT2D eigenvalue weighted by Crippen LogP contribution is 2.25. The van der Waals surface area contributed by atoms with Crippen LogP contribution in [-0.2, 0) is 9.53 Å². The first-order chi connectivity index (χ1) is 14.9. The van der Waals surface area contributed by atoms with Gasteiger partial charge in [-0.2, -0.15) is 0 Å². The van der Waals surface area contributed by atoms with Gasteiger partial charge in [0.1, 0.15) is 0 Å². The van der Waals surface area contributed by atoms with Crippen LogP contribution in [-0.4, -0.2) is 47.8 Å². The molecule has 3 rings (SSSR count). The summed E-state index contributed by atoms with van der Waals surface area (Å²) in [6, 6.07) is 13.4. The molecule has 0 saturated heterocycles. The molecule has 0 aromatic heterocycles. The smallest absolute Gasteiger partial charge is 0.338 e. The molecule has 1 aliphatic heterocycles. The normalized spacial score (nSPS) is 13.7. The van der Waals surface area contributed by atoms with Crippen LogP contribution in [0.2, 0.25) is 0 Å². The molecule has 7 heteroatoms. The van der Waals surface area contributed by atoms with Crippen molar-refractivity contribution in [1.82, 2.24) is 4.90 Å². The van der Waals surface area contributed by atoms with E-state index in [0.29, 0.717) is 18.8 Å². The van der Waals surface area contributed by atoms with E-state index in [0.717, 1.165) is 12.8 Å². The number of carbonyl (C=O) groups excluding carboxylic acids is 4. The Morgan fingerprint density at radius 3 is 2.32 bits per heavy atom. The Morgan fingerprint density at radius 1 is 1.00 bits per heavy atom. The number of fused-ring (bicyclic) bond motifs is 1. The van der Waals surface area contributed by atoms with Crippen LogP contribution in [0, 0.1) is 0 Å². The minimum atomic E-state index is -1.01. The van der Waals surface area contributed by atoms with Gasteiger partial charge in [-0.1, -0.05) is 31.5 Å². The molecular weight excluding hydrogens is 396 g/mol. The predicted octanol–water partition coefficient (Wildman–Crippen LogP) is 3.68. The van der Waals surface area contributed by atoms with E-state index in [-0.39, 0.29) is 28.5 Å². The van der Waals surface area contributed by atoms with Crippen molar-refractivity contribution in [2.75, 3.05) is 18.0 Å². The van der Waals surface area contributed by atoms with E-state index in [1.807, 2.05) is 44.2 Å². The average molecular weight is 422 g/mol. The summed E-state index contributed by atoms with van der Waals surface area (Å²) in [6.45, 7) is 6.10. The lowest BCUT2D eigenvalue weighted by Gasteiger charge is -2.24. The summed E-state index contributed by atoms with van der Waals surface area (Å²) >= 11 is 0. The monoisotopic (exact) mass is 422 g/mol. The van der Waals surface area contributed by atoms with E-state index in [1.165, 1.54) is 34.9 Å². The number of unbranched alkanes of at least 4 members (excludes halogenated alkanes) is 1. The summed E-state index contributed by atoms with van der Waals surface area (Å²) in [5.74, 6) is -1.83. The molecule has 31 heavy (non-hydrogen) atoms. The van der Waals surface area contributed by atoms with Crippen molar-refractivity contribution in [3.05, 3.63) is 65.2 Å². The fourth-order valence-corrected chi connectivity index (χ4v) is 3.51. The van der Waals surface area contributed by atoms with E-state index in [1.54, 1.807) is 0 Å². The van der Waals surface area contributed by atoms with Gasteiger partial charge >= 0.3 is 5.97 Å². The van der Waals surface area contributed by atoms with Crippen LogP contribution in [0.15, 0.2) is 48.5 Å². The van der Waals surface area contributed by atoms with Crippen molar-refractivity contribution in [3.8, 4) is 0 Å². The first kappa shape index (κ1) is 22.2. The second kappa shape index (κ2) is 9.55. The molecule has 162 valence electrons. The summed E-state index contributed by atoms with van der Waals surface area (Å²) in [5, 5.41) is 0. The zero-order valence-electron chi connectivity index (χ0n) is 18.0. The van der Waals surface area contributed by atoms with Gasteiger partial charge in [-0.3, -0.25) is 19.3 Å². The standard InChI is InChI=1S/C24H26N2O5/c1-4-6-14-26-22(28)19-13-12-17(15-20(19)23(26)29)24(30)31-16(3)21(27)25(5-2)18-10-8-7-9-11-18/h7-13,15-16H,4-6,14H2,1-3H3/t16-/m0/s1. The lowest BCUT2D eigenvalue weighted by atomic mass is 10.1. The number of para-hydroxylation sites is 1. The number of rotatable bonds is 8. The first-order valence-corrected chi connectivity index (χ1v) is 10.5. The maximum Gasteiger partial charge on any atom is 0.338 e. The molecule has 1 aliphatic rings. The quantitative estimate of drug-likeness (QED) is 0.479. The van der Waals surface area contributed by atoms with E-state index in [2.05, 4.69) is 0 Å². The zero-order valence-corrected chi connectivity index (χ0v) is 18.0. The molecule has 0 spiro atoms. The number of amides is 3. The highest BCUT2D eigenvalue weighted by molar-refractivity contribution is 6.22. The van der Waals surface area contributed by atoms with Crippen molar-refractivity contribution in [2.24, 2.45) is 0 Å². The summed E-state index contributed by atoms with van der Waals surface area (Å²) in [5.41, 5.74) is 1.31. The minimum absolute atomic E-state index is 0.125. The van der Waals surface area contributed by atoms with Crippen LogP contribution in [0.25, 0.3) is 0 Å². The van der Waals surface area contributed by atoms with Crippen molar-refractivity contribution in [1.29, 1.82) is 0 Å². The number of esters is 1. The lowest BCUT2D eigenvalue weighted by Crippen LogP contribution is -2.40. The molecule has 0 saturated carbocycles. The average Bonchev–Trinajstić information content (AvgIpc) is 3.02. The summed E-state index contributed by atoms with van der Waals surface area (Å²) in [7, 11) is 0. The van der Waals surface area contributed by atoms with Crippen molar-refractivity contribution in [3.63, 3.8) is 0 Å². The Bertz CT molecular complexity index is 1000. The highest BCUT2D eigenvalue weighted by atomic mass is 16.5. The Balaban J connectivity index is 1.73. The number of benzene rings is 2. The van der Waals surface area contributed by atoms with Crippen molar-refractivity contribution < 1.29 is 23.9 Å². The zero-order chi connectivity index (χ0) is 22.5. The number of nitrogens with zero attached hydrogens (tertiary/aromatic N) is 2. The molecule has 0 bridgehead atoms. The molecule has 0 unspecified atom stereocenters. The Kier molecular flexibility index (Phi) is 6.84. The van der Waals surface area contributed by atoms with Crippen molar-refractivity contribution >= 4 is 29.4 Å². The number of imide groups is 1. The van der Waals surface area contributed by atoms with E-state index >= 15 is 0 Å². The van der Waals surface area contributed by atoms with Gasteiger partial charge in [0.15, 0.2) is 6.10 Å². The predicted molar refractivity (Wildman–Crippen MR) is 116 cm³/mol. The Morgan fingerprint density at radius 2 is 1.68 bits per heavy atom. The Hall–Kier alpha value is -3.48. The number of ether oxygens (including phenoxy) is 1. The van der Waals surface area contributed by atoms with Gasteiger partial charge in [0, 0.05) is 18.8 Å². The summed E-state index contributed by atoms with van der Waals surface area (Å²) in [4.78, 5) is 53.2. The maximum atomic E-state index is 12.8. The highest BCUT2D eigenvalue weighted by Gasteiger charge is 2.36. The summed E-state index contributed by atoms with van der Waals surface area (Å²) in [6.07, 6.45) is 0.559. The van der Waals surface area contributed by atoms with Crippen LogP contribution < -0.4 is 4.90 Å². The number of hydrogen-bond acceptors (Lipinski definition) is 5. The van der Waals surface area contributed by atoms with Gasteiger partial charge < -0.3 is 9.64 Å². The first-order valence-electron chi connectivity index (χ1n) is 10.5. The van der Waals surface area contributed by atoms with E-state index < -0.39 is 18.0 Å². The molecule has 0 fully saturated rings. The van der Waals surface area contributed by atoms with Gasteiger partial charge in [-0.05, 0) is 50.6 Å². The molecule has 2 aromatic carbocycles. The molecular formula is C24H26N2O5.